The Balaban J connectivity index is 2.10. The summed E-state index contributed by atoms with van der Waals surface area (Å²) in [5, 5.41) is 14.6. The van der Waals surface area contributed by atoms with Gasteiger partial charge in [-0.2, -0.15) is 0 Å². The van der Waals surface area contributed by atoms with Crippen LogP contribution in [-0.2, 0) is 0 Å². The molecule has 0 spiro atoms. The molecule has 6 heteroatoms. The first-order valence-corrected chi connectivity index (χ1v) is 7.32. The van der Waals surface area contributed by atoms with Gasteiger partial charge in [-0.3, -0.25) is 4.79 Å². The quantitative estimate of drug-likeness (QED) is 0.900. The van der Waals surface area contributed by atoms with Crippen LogP contribution in [0.4, 0.5) is 11.5 Å². The molecule has 2 rings (SSSR count). The van der Waals surface area contributed by atoms with Gasteiger partial charge in [-0.15, -0.1) is 10.2 Å². The summed E-state index contributed by atoms with van der Waals surface area (Å²) in [5.41, 5.74) is 1.74. The van der Waals surface area contributed by atoms with Crippen LogP contribution in [0.2, 0.25) is 5.02 Å². The number of aryl methyl sites for hydroxylation is 1. The second-order valence-corrected chi connectivity index (χ2v) is 6.53. The Morgan fingerprint density at radius 1 is 1.14 bits per heavy atom. The predicted octanol–water partition coefficient (Wildman–Crippen LogP) is 3.90. The van der Waals surface area contributed by atoms with Gasteiger partial charge in [-0.25, -0.2) is 0 Å². The van der Waals surface area contributed by atoms with Crippen molar-refractivity contribution in [3.05, 3.63) is 46.6 Å². The molecule has 0 fully saturated rings. The molecule has 0 saturated heterocycles. The first-order chi connectivity index (χ1) is 10.2. The number of carbonyl (C=O) groups excluding carboxylic acids is 1. The number of aromatic nitrogens is 2. The zero-order chi connectivity index (χ0) is 16.3. The van der Waals surface area contributed by atoms with Gasteiger partial charge in [-0.05, 0) is 63.6 Å². The second-order valence-electron chi connectivity index (χ2n) is 6.09. The Kier molecular flexibility index (Phi) is 4.66. The van der Waals surface area contributed by atoms with Crippen LogP contribution in [0, 0.1) is 6.92 Å². The van der Waals surface area contributed by atoms with Crippen molar-refractivity contribution in [2.24, 2.45) is 0 Å². The number of carbonyl (C=O) groups is 1. The highest BCUT2D eigenvalue weighted by Crippen LogP contribution is 2.20. The lowest BCUT2D eigenvalue weighted by atomic mass is 10.1. The van der Waals surface area contributed by atoms with Crippen LogP contribution in [0.25, 0.3) is 0 Å². The van der Waals surface area contributed by atoms with E-state index in [1.165, 1.54) is 0 Å². The Morgan fingerprint density at radius 3 is 2.41 bits per heavy atom. The molecule has 1 aromatic carbocycles. The summed E-state index contributed by atoms with van der Waals surface area (Å²) in [4.78, 5) is 12.2. The summed E-state index contributed by atoms with van der Waals surface area (Å²) >= 11 is 5.90. The van der Waals surface area contributed by atoms with E-state index in [9.17, 15) is 4.79 Å². The highest BCUT2D eigenvalue weighted by atomic mass is 35.5. The van der Waals surface area contributed by atoms with Gasteiger partial charge >= 0.3 is 0 Å². The number of halogens is 1. The van der Waals surface area contributed by atoms with Gasteiger partial charge in [0.2, 0.25) is 0 Å². The van der Waals surface area contributed by atoms with Crippen molar-refractivity contribution >= 4 is 29.0 Å². The highest BCUT2D eigenvalue weighted by molar-refractivity contribution is 6.30. The third kappa shape index (κ3) is 4.43. The fraction of sp³-hybridized carbons (Fsp3) is 0.312. The fourth-order valence-electron chi connectivity index (χ4n) is 1.86. The van der Waals surface area contributed by atoms with E-state index in [2.05, 4.69) is 20.8 Å². The SMILES string of the molecule is Cc1cc(Cl)ccc1NC(=O)c1ccc(NC(C)(C)C)nn1. The molecule has 0 atom stereocenters. The molecule has 2 N–H and O–H groups in total. The minimum Gasteiger partial charge on any atom is -0.364 e. The number of nitrogens with one attached hydrogen (secondary N) is 2. The summed E-state index contributed by atoms with van der Waals surface area (Å²) in [6.07, 6.45) is 0. The van der Waals surface area contributed by atoms with Crippen molar-refractivity contribution < 1.29 is 4.79 Å². The summed E-state index contributed by atoms with van der Waals surface area (Å²) in [5.74, 6) is 0.326. The predicted molar refractivity (Wildman–Crippen MR) is 89.5 cm³/mol. The zero-order valence-electron chi connectivity index (χ0n) is 13.1. The molecule has 2 aromatic rings. The topological polar surface area (TPSA) is 66.9 Å². The van der Waals surface area contributed by atoms with Crippen LogP contribution < -0.4 is 10.6 Å². The van der Waals surface area contributed by atoms with Crippen molar-refractivity contribution in [3.8, 4) is 0 Å². The van der Waals surface area contributed by atoms with Crippen LogP contribution in [0.5, 0.6) is 0 Å². The number of rotatable bonds is 3. The van der Waals surface area contributed by atoms with Crippen LogP contribution in [-0.4, -0.2) is 21.6 Å². The summed E-state index contributed by atoms with van der Waals surface area (Å²) in [6, 6.07) is 8.66. The lowest BCUT2D eigenvalue weighted by Gasteiger charge is -2.20. The van der Waals surface area contributed by atoms with Gasteiger partial charge < -0.3 is 10.6 Å². The number of benzene rings is 1. The smallest absolute Gasteiger partial charge is 0.276 e. The van der Waals surface area contributed by atoms with Gasteiger partial charge in [0.05, 0.1) is 0 Å². The first-order valence-electron chi connectivity index (χ1n) is 6.94. The molecule has 1 amide bonds. The van der Waals surface area contributed by atoms with Crippen molar-refractivity contribution in [2.75, 3.05) is 10.6 Å². The molecular formula is C16H19ClN4O. The molecule has 0 bridgehead atoms. The van der Waals surface area contributed by atoms with Crippen molar-refractivity contribution in [3.63, 3.8) is 0 Å². The normalized spacial score (nSPS) is 11.1. The van der Waals surface area contributed by atoms with E-state index in [1.807, 2.05) is 27.7 Å². The van der Waals surface area contributed by atoms with E-state index >= 15 is 0 Å². The lowest BCUT2D eigenvalue weighted by Crippen LogP contribution is -2.27. The van der Waals surface area contributed by atoms with E-state index in [4.69, 9.17) is 11.6 Å². The van der Waals surface area contributed by atoms with Crippen molar-refractivity contribution in [1.82, 2.24) is 10.2 Å². The molecule has 22 heavy (non-hydrogen) atoms. The molecule has 0 aliphatic heterocycles. The standard InChI is InChI=1S/C16H19ClN4O/c1-10-9-11(17)5-6-12(10)18-15(22)13-7-8-14(21-20-13)19-16(2,3)4/h5-9H,1-4H3,(H,18,22)(H,19,21). The number of anilines is 2. The van der Waals surface area contributed by atoms with Crippen LogP contribution in [0.15, 0.2) is 30.3 Å². The van der Waals surface area contributed by atoms with E-state index in [1.54, 1.807) is 30.3 Å². The zero-order valence-corrected chi connectivity index (χ0v) is 13.8. The van der Waals surface area contributed by atoms with Crippen molar-refractivity contribution in [2.45, 2.75) is 33.2 Å². The van der Waals surface area contributed by atoms with Crippen LogP contribution in [0.3, 0.4) is 0 Å². The Hall–Kier alpha value is -2.14. The highest BCUT2D eigenvalue weighted by Gasteiger charge is 2.13. The van der Waals surface area contributed by atoms with E-state index < -0.39 is 0 Å². The Morgan fingerprint density at radius 2 is 1.86 bits per heavy atom. The molecule has 0 aliphatic carbocycles. The maximum atomic E-state index is 12.2. The number of hydrogen-bond acceptors (Lipinski definition) is 4. The molecule has 1 aromatic heterocycles. The third-order valence-corrected chi connectivity index (χ3v) is 3.07. The third-order valence-electron chi connectivity index (χ3n) is 2.84. The maximum absolute atomic E-state index is 12.2. The molecule has 116 valence electrons. The summed E-state index contributed by atoms with van der Waals surface area (Å²) < 4.78 is 0. The molecular weight excluding hydrogens is 300 g/mol. The number of hydrogen-bond donors (Lipinski definition) is 2. The van der Waals surface area contributed by atoms with E-state index in [0.717, 1.165) is 5.56 Å². The second kappa shape index (κ2) is 6.32. The van der Waals surface area contributed by atoms with Gasteiger partial charge in [0.15, 0.2) is 5.69 Å². The van der Waals surface area contributed by atoms with Gasteiger partial charge in [0.1, 0.15) is 5.82 Å². The summed E-state index contributed by atoms with van der Waals surface area (Å²) in [7, 11) is 0. The Labute approximate surface area is 135 Å². The first kappa shape index (κ1) is 16.2. The largest absolute Gasteiger partial charge is 0.364 e. The average Bonchev–Trinajstić information content (AvgIpc) is 2.41. The monoisotopic (exact) mass is 318 g/mol. The van der Waals surface area contributed by atoms with Crippen molar-refractivity contribution in [1.29, 1.82) is 0 Å². The van der Waals surface area contributed by atoms with Gasteiger partial charge in [0.25, 0.3) is 5.91 Å². The maximum Gasteiger partial charge on any atom is 0.276 e. The lowest BCUT2D eigenvalue weighted by molar-refractivity contribution is 0.102. The minimum absolute atomic E-state index is 0.112. The van der Waals surface area contributed by atoms with Gasteiger partial charge in [0, 0.05) is 16.2 Å². The minimum atomic E-state index is -0.305. The molecule has 5 nitrogen and oxygen atoms in total. The van der Waals surface area contributed by atoms with Gasteiger partial charge in [-0.1, -0.05) is 11.6 Å². The van der Waals surface area contributed by atoms with Crippen LogP contribution >= 0.6 is 11.6 Å². The Bertz CT molecular complexity index is 678. The number of amides is 1. The van der Waals surface area contributed by atoms with Crippen LogP contribution in [0.1, 0.15) is 36.8 Å². The summed E-state index contributed by atoms with van der Waals surface area (Å²) in [6.45, 7) is 7.96. The molecule has 1 heterocycles. The molecule has 0 saturated carbocycles. The number of nitrogens with zero attached hydrogens (tertiary/aromatic N) is 2. The molecule has 0 unspecified atom stereocenters. The fourth-order valence-corrected chi connectivity index (χ4v) is 2.08. The average molecular weight is 319 g/mol. The van der Waals surface area contributed by atoms with E-state index in [0.29, 0.717) is 16.5 Å². The molecule has 0 aliphatic rings. The van der Waals surface area contributed by atoms with E-state index in [-0.39, 0.29) is 17.1 Å². The molecule has 0 radical (unpaired) electrons.